The number of hydrogen-bond donors (Lipinski definition) is 2. The Morgan fingerprint density at radius 3 is 2.39 bits per heavy atom. The Morgan fingerprint density at radius 2 is 1.61 bits per heavy atom. The van der Waals surface area contributed by atoms with Crippen LogP contribution in [0.3, 0.4) is 0 Å². The van der Waals surface area contributed by atoms with Crippen molar-refractivity contribution in [2.75, 3.05) is 18.1 Å². The van der Waals surface area contributed by atoms with E-state index in [-0.39, 0.29) is 11.8 Å². The maximum Gasteiger partial charge on any atom is 0.258 e. The van der Waals surface area contributed by atoms with Crippen molar-refractivity contribution in [3.8, 4) is 0 Å². The first-order valence-corrected chi connectivity index (χ1v) is 10.1. The number of amides is 2. The molecule has 3 aromatic rings. The molecule has 0 aliphatic rings. The van der Waals surface area contributed by atoms with Crippen molar-refractivity contribution in [1.82, 2.24) is 10.3 Å². The van der Waals surface area contributed by atoms with Crippen LogP contribution >= 0.6 is 11.8 Å². The molecule has 0 atom stereocenters. The van der Waals surface area contributed by atoms with E-state index in [1.165, 1.54) is 11.8 Å². The average Bonchev–Trinajstić information content (AvgIpc) is 2.74. The zero-order valence-corrected chi connectivity index (χ0v) is 16.3. The Bertz CT molecular complexity index is 961. The first kappa shape index (κ1) is 19.6. The molecule has 6 heteroatoms. The van der Waals surface area contributed by atoms with Crippen molar-refractivity contribution < 1.29 is 9.59 Å². The van der Waals surface area contributed by atoms with Crippen molar-refractivity contribution in [1.29, 1.82) is 0 Å². The third-order valence-electron chi connectivity index (χ3n) is 4.17. The van der Waals surface area contributed by atoms with Crippen LogP contribution in [0.1, 0.15) is 26.3 Å². The van der Waals surface area contributed by atoms with Crippen LogP contribution in [0, 0.1) is 0 Å². The first-order chi connectivity index (χ1) is 13.7. The minimum Gasteiger partial charge on any atom is -0.352 e. The lowest BCUT2D eigenvalue weighted by Crippen LogP contribution is -2.27. The molecule has 0 saturated heterocycles. The highest BCUT2D eigenvalue weighted by Gasteiger charge is 2.16. The summed E-state index contributed by atoms with van der Waals surface area (Å²) in [5, 5.41) is 6.40. The highest BCUT2D eigenvalue weighted by Crippen LogP contribution is 2.20. The predicted octanol–water partition coefficient (Wildman–Crippen LogP) is 4.03. The van der Waals surface area contributed by atoms with Gasteiger partial charge in [-0.15, -0.1) is 11.8 Å². The molecule has 0 fully saturated rings. The molecule has 3 rings (SSSR count). The van der Waals surface area contributed by atoms with Gasteiger partial charge in [-0.2, -0.15) is 0 Å². The lowest BCUT2D eigenvalue weighted by Gasteiger charge is -2.12. The normalized spacial score (nSPS) is 10.3. The molecule has 1 heterocycles. The van der Waals surface area contributed by atoms with Gasteiger partial charge in [-0.25, -0.2) is 4.98 Å². The highest BCUT2D eigenvalue weighted by atomic mass is 32.2. The summed E-state index contributed by atoms with van der Waals surface area (Å²) >= 11 is 1.40. The minimum atomic E-state index is -0.290. The van der Waals surface area contributed by atoms with E-state index in [0.717, 1.165) is 12.0 Å². The van der Waals surface area contributed by atoms with Crippen LogP contribution in [0.25, 0.3) is 0 Å². The number of nitrogens with one attached hydrogen (secondary N) is 2. The van der Waals surface area contributed by atoms with Crippen molar-refractivity contribution >= 4 is 29.3 Å². The van der Waals surface area contributed by atoms with Gasteiger partial charge in [-0.05, 0) is 42.5 Å². The summed E-state index contributed by atoms with van der Waals surface area (Å²) in [5.74, 6) is -0.509. The number of anilines is 1. The number of thioether (sulfide) groups is 1. The lowest BCUT2D eigenvalue weighted by atomic mass is 10.1. The molecule has 2 aromatic carbocycles. The molecule has 1 aromatic heterocycles. The van der Waals surface area contributed by atoms with Crippen molar-refractivity contribution in [2.45, 2.75) is 11.4 Å². The molecule has 2 N–H and O–H groups in total. The Labute approximate surface area is 168 Å². The van der Waals surface area contributed by atoms with Gasteiger partial charge in [0.2, 0.25) is 0 Å². The molecule has 0 aliphatic carbocycles. The van der Waals surface area contributed by atoms with Gasteiger partial charge in [0, 0.05) is 12.7 Å². The average molecular weight is 391 g/mol. The van der Waals surface area contributed by atoms with Gasteiger partial charge in [0.15, 0.2) is 0 Å². The third kappa shape index (κ3) is 4.98. The summed E-state index contributed by atoms with van der Waals surface area (Å²) < 4.78 is 0. The van der Waals surface area contributed by atoms with Gasteiger partial charge in [0.1, 0.15) is 5.03 Å². The fourth-order valence-electron chi connectivity index (χ4n) is 2.77. The molecule has 0 bridgehead atoms. The standard InChI is InChI=1S/C22H21N3O2S/c1-28-22-18(11-7-14-24-22)21(27)25-19-12-6-5-10-17(19)20(26)23-15-13-16-8-3-2-4-9-16/h2-12,14H,13,15H2,1H3,(H,23,26)(H,25,27). The number of nitrogens with zero attached hydrogens (tertiary/aromatic N) is 1. The van der Waals surface area contributed by atoms with Crippen LogP contribution in [-0.2, 0) is 6.42 Å². The summed E-state index contributed by atoms with van der Waals surface area (Å²) in [6.07, 6.45) is 4.26. The molecule has 28 heavy (non-hydrogen) atoms. The molecule has 0 saturated carbocycles. The second kappa shape index (κ2) is 9.71. The second-order valence-electron chi connectivity index (χ2n) is 6.05. The van der Waals surface area contributed by atoms with Crippen LogP contribution in [-0.4, -0.2) is 29.6 Å². The number of pyridine rings is 1. The fourth-order valence-corrected chi connectivity index (χ4v) is 3.31. The van der Waals surface area contributed by atoms with E-state index in [1.54, 1.807) is 42.6 Å². The molecular weight excluding hydrogens is 370 g/mol. The van der Waals surface area contributed by atoms with Gasteiger partial charge in [-0.1, -0.05) is 42.5 Å². The number of carbonyl (C=O) groups excluding carboxylic acids is 2. The molecular formula is C22H21N3O2S. The van der Waals surface area contributed by atoms with E-state index < -0.39 is 0 Å². The highest BCUT2D eigenvalue weighted by molar-refractivity contribution is 7.98. The van der Waals surface area contributed by atoms with Crippen LogP contribution in [0.15, 0.2) is 78.0 Å². The van der Waals surface area contributed by atoms with Crippen LogP contribution in [0.2, 0.25) is 0 Å². The third-order valence-corrected chi connectivity index (χ3v) is 4.88. The molecule has 0 unspecified atom stereocenters. The number of benzene rings is 2. The van der Waals surface area contributed by atoms with Crippen LogP contribution in [0.5, 0.6) is 0 Å². The SMILES string of the molecule is CSc1ncccc1C(=O)Nc1ccccc1C(=O)NCCc1ccccc1. The summed E-state index contributed by atoms with van der Waals surface area (Å²) in [6.45, 7) is 0.518. The Balaban J connectivity index is 1.68. The fraction of sp³-hybridized carbons (Fsp3) is 0.136. The number of rotatable bonds is 7. The molecule has 5 nitrogen and oxygen atoms in total. The molecule has 0 aliphatic heterocycles. The van der Waals surface area contributed by atoms with Gasteiger partial charge >= 0.3 is 0 Å². The molecule has 142 valence electrons. The lowest BCUT2D eigenvalue weighted by molar-refractivity contribution is 0.0955. The number of hydrogen-bond acceptors (Lipinski definition) is 4. The Morgan fingerprint density at radius 1 is 0.893 bits per heavy atom. The topological polar surface area (TPSA) is 71.1 Å². The minimum absolute atomic E-state index is 0.219. The maximum atomic E-state index is 12.7. The zero-order valence-electron chi connectivity index (χ0n) is 15.5. The molecule has 0 spiro atoms. The van der Waals surface area contributed by atoms with Gasteiger partial charge in [-0.3, -0.25) is 9.59 Å². The van der Waals surface area contributed by atoms with Crippen molar-refractivity contribution in [3.63, 3.8) is 0 Å². The van der Waals surface area contributed by atoms with E-state index in [1.807, 2.05) is 36.6 Å². The Kier molecular flexibility index (Phi) is 6.81. The molecule has 0 radical (unpaired) electrons. The van der Waals surface area contributed by atoms with E-state index in [4.69, 9.17) is 0 Å². The second-order valence-corrected chi connectivity index (χ2v) is 6.85. The number of carbonyl (C=O) groups is 2. The number of para-hydroxylation sites is 1. The first-order valence-electron chi connectivity index (χ1n) is 8.90. The largest absolute Gasteiger partial charge is 0.352 e. The number of aromatic nitrogens is 1. The smallest absolute Gasteiger partial charge is 0.258 e. The van der Waals surface area contributed by atoms with Gasteiger partial charge in [0.05, 0.1) is 16.8 Å². The summed E-state index contributed by atoms with van der Waals surface area (Å²) in [6, 6.07) is 20.4. The monoisotopic (exact) mass is 391 g/mol. The summed E-state index contributed by atoms with van der Waals surface area (Å²) in [4.78, 5) is 29.5. The summed E-state index contributed by atoms with van der Waals surface area (Å²) in [7, 11) is 0. The van der Waals surface area contributed by atoms with Gasteiger partial charge < -0.3 is 10.6 Å². The molecule has 2 amide bonds. The van der Waals surface area contributed by atoms with Crippen LogP contribution in [0.4, 0.5) is 5.69 Å². The van der Waals surface area contributed by atoms with Crippen molar-refractivity contribution in [2.24, 2.45) is 0 Å². The van der Waals surface area contributed by atoms with Gasteiger partial charge in [0.25, 0.3) is 11.8 Å². The zero-order chi connectivity index (χ0) is 19.8. The van der Waals surface area contributed by atoms with Crippen molar-refractivity contribution in [3.05, 3.63) is 89.6 Å². The van der Waals surface area contributed by atoms with E-state index >= 15 is 0 Å². The quantitative estimate of drug-likeness (QED) is 0.597. The van der Waals surface area contributed by atoms with E-state index in [2.05, 4.69) is 15.6 Å². The van der Waals surface area contributed by atoms with Crippen LogP contribution < -0.4 is 10.6 Å². The van der Waals surface area contributed by atoms with E-state index in [9.17, 15) is 9.59 Å². The van der Waals surface area contributed by atoms with E-state index in [0.29, 0.717) is 28.4 Å². The Hall–Kier alpha value is -3.12. The maximum absolute atomic E-state index is 12.7. The predicted molar refractivity (Wildman–Crippen MR) is 113 cm³/mol. The summed E-state index contributed by atoms with van der Waals surface area (Å²) in [5.41, 5.74) is 2.54.